The highest BCUT2D eigenvalue weighted by Crippen LogP contribution is 2.59. The van der Waals surface area contributed by atoms with E-state index in [0.29, 0.717) is 11.8 Å². The Hall–Kier alpha value is -3.20. The number of rotatable bonds is 3. The van der Waals surface area contributed by atoms with Gasteiger partial charge in [0.05, 0.1) is 12.8 Å². The normalized spacial score (nSPS) is 26.2. The van der Waals surface area contributed by atoms with Gasteiger partial charge in [0.15, 0.2) is 5.72 Å². The van der Waals surface area contributed by atoms with Crippen LogP contribution >= 0.6 is 0 Å². The van der Waals surface area contributed by atoms with Gasteiger partial charge >= 0.3 is 0 Å². The molecule has 0 N–H and O–H groups in total. The fraction of sp³-hybridized carbons (Fsp3) is 0.286. The second-order valence-corrected chi connectivity index (χ2v) is 8.82. The molecule has 1 spiro atoms. The maximum Gasteiger partial charge on any atom is 0.191 e. The lowest BCUT2D eigenvalue weighted by molar-refractivity contribution is -0.0119. The van der Waals surface area contributed by atoms with Gasteiger partial charge in [-0.15, -0.1) is 0 Å². The van der Waals surface area contributed by atoms with Crippen LogP contribution in [0.15, 0.2) is 84.9 Å². The number of hydrogen-bond donors (Lipinski definition) is 0. The van der Waals surface area contributed by atoms with E-state index in [1.165, 1.54) is 41.8 Å². The number of ether oxygens (including phenoxy) is 2. The van der Waals surface area contributed by atoms with Gasteiger partial charge in [-0.3, -0.25) is 4.90 Å². The smallest absolute Gasteiger partial charge is 0.191 e. The minimum absolute atomic E-state index is 0.323. The molecule has 0 aromatic heterocycles. The van der Waals surface area contributed by atoms with E-state index in [1.807, 2.05) is 0 Å². The minimum atomic E-state index is -0.327. The van der Waals surface area contributed by atoms with Crippen molar-refractivity contribution in [3.63, 3.8) is 0 Å². The topological polar surface area (TPSA) is 21.7 Å². The first-order valence-corrected chi connectivity index (χ1v) is 11.3. The molecular formula is C28H27NO2. The lowest BCUT2D eigenvalue weighted by Gasteiger charge is -2.52. The molecule has 3 atom stereocenters. The lowest BCUT2D eigenvalue weighted by Crippen LogP contribution is -2.59. The van der Waals surface area contributed by atoms with Crippen LogP contribution in [-0.2, 0) is 0 Å². The summed E-state index contributed by atoms with van der Waals surface area (Å²) in [5.74, 6) is 2.62. The summed E-state index contributed by atoms with van der Waals surface area (Å²) in [6.45, 7) is 0. The van der Waals surface area contributed by atoms with Gasteiger partial charge in [-0.25, -0.2) is 0 Å². The van der Waals surface area contributed by atoms with E-state index in [0.717, 1.165) is 17.9 Å². The molecule has 0 amide bonds. The highest BCUT2D eigenvalue weighted by molar-refractivity contribution is 5.87. The van der Waals surface area contributed by atoms with Crippen LogP contribution in [0.1, 0.15) is 42.7 Å². The van der Waals surface area contributed by atoms with Crippen molar-refractivity contribution in [3.05, 3.63) is 96.1 Å². The van der Waals surface area contributed by atoms with Gasteiger partial charge in [-0.05, 0) is 60.4 Å². The minimum Gasteiger partial charge on any atom is -0.497 e. The SMILES string of the molecule is COc1ccc(C2=CC(c3ccccc3)C3CCCCC34Oc3ccccc3N24)cc1. The molecule has 3 aromatic carbocycles. The summed E-state index contributed by atoms with van der Waals surface area (Å²) >= 11 is 0. The summed E-state index contributed by atoms with van der Waals surface area (Å²) in [5, 5.41) is 0. The lowest BCUT2D eigenvalue weighted by atomic mass is 9.68. The van der Waals surface area contributed by atoms with Crippen LogP contribution in [-0.4, -0.2) is 12.8 Å². The summed E-state index contributed by atoms with van der Waals surface area (Å²) in [6, 6.07) is 27.9. The first-order valence-electron chi connectivity index (χ1n) is 11.3. The van der Waals surface area contributed by atoms with Crippen molar-refractivity contribution in [1.29, 1.82) is 0 Å². The Morgan fingerprint density at radius 1 is 0.903 bits per heavy atom. The van der Waals surface area contributed by atoms with Crippen LogP contribution in [0.3, 0.4) is 0 Å². The molecule has 1 aliphatic carbocycles. The third-order valence-electron chi connectivity index (χ3n) is 7.23. The van der Waals surface area contributed by atoms with Crippen LogP contribution < -0.4 is 14.4 Å². The quantitative estimate of drug-likeness (QED) is 0.485. The third kappa shape index (κ3) is 2.79. The monoisotopic (exact) mass is 409 g/mol. The molecule has 3 heteroatoms. The first-order chi connectivity index (χ1) is 15.3. The van der Waals surface area contributed by atoms with Crippen molar-refractivity contribution in [2.75, 3.05) is 12.0 Å². The number of methoxy groups -OCH3 is 1. The number of anilines is 1. The Bertz CT molecular complexity index is 1120. The van der Waals surface area contributed by atoms with Crippen LogP contribution in [0.2, 0.25) is 0 Å². The zero-order valence-electron chi connectivity index (χ0n) is 17.8. The predicted molar refractivity (Wildman–Crippen MR) is 124 cm³/mol. The molecule has 3 unspecified atom stereocenters. The predicted octanol–water partition coefficient (Wildman–Crippen LogP) is 6.62. The highest BCUT2D eigenvalue weighted by atomic mass is 16.5. The highest BCUT2D eigenvalue weighted by Gasteiger charge is 2.58. The summed E-state index contributed by atoms with van der Waals surface area (Å²) in [4.78, 5) is 2.51. The van der Waals surface area contributed by atoms with Crippen LogP contribution in [0.25, 0.3) is 5.70 Å². The molecule has 0 radical (unpaired) electrons. The maximum absolute atomic E-state index is 6.91. The Balaban J connectivity index is 1.58. The maximum atomic E-state index is 6.91. The van der Waals surface area contributed by atoms with Gasteiger partial charge < -0.3 is 9.47 Å². The van der Waals surface area contributed by atoms with Crippen molar-refractivity contribution in [2.24, 2.45) is 5.92 Å². The molecule has 0 bridgehead atoms. The van der Waals surface area contributed by atoms with Gasteiger partial charge in [0.25, 0.3) is 0 Å². The molecule has 156 valence electrons. The van der Waals surface area contributed by atoms with Gasteiger partial charge in [-0.1, -0.05) is 55.0 Å². The molecule has 2 heterocycles. The van der Waals surface area contributed by atoms with Gasteiger partial charge in [0.1, 0.15) is 11.5 Å². The van der Waals surface area contributed by atoms with Crippen molar-refractivity contribution in [2.45, 2.75) is 37.3 Å². The summed E-state index contributed by atoms with van der Waals surface area (Å²) in [5.41, 5.74) is 4.67. The molecule has 6 rings (SSSR count). The van der Waals surface area contributed by atoms with Crippen molar-refractivity contribution in [1.82, 2.24) is 0 Å². The third-order valence-corrected chi connectivity index (χ3v) is 7.23. The van der Waals surface area contributed by atoms with Crippen LogP contribution in [0.5, 0.6) is 11.5 Å². The number of allylic oxidation sites excluding steroid dienone is 1. The van der Waals surface area contributed by atoms with Crippen LogP contribution in [0.4, 0.5) is 5.69 Å². The first kappa shape index (κ1) is 18.6. The largest absolute Gasteiger partial charge is 0.497 e. The number of nitrogens with zero attached hydrogens (tertiary/aromatic N) is 1. The van der Waals surface area contributed by atoms with Gasteiger partial charge in [-0.2, -0.15) is 0 Å². The zero-order valence-corrected chi connectivity index (χ0v) is 17.8. The second kappa shape index (κ2) is 7.19. The molecule has 3 nitrogen and oxygen atoms in total. The van der Waals surface area contributed by atoms with E-state index in [-0.39, 0.29) is 5.72 Å². The molecule has 31 heavy (non-hydrogen) atoms. The van der Waals surface area contributed by atoms with E-state index in [4.69, 9.17) is 9.47 Å². The van der Waals surface area contributed by atoms with Crippen molar-refractivity contribution < 1.29 is 9.47 Å². The Morgan fingerprint density at radius 2 is 1.68 bits per heavy atom. The fourth-order valence-corrected chi connectivity index (χ4v) is 5.87. The van der Waals surface area contributed by atoms with Gasteiger partial charge in [0.2, 0.25) is 0 Å². The molecule has 1 fully saturated rings. The van der Waals surface area contributed by atoms with E-state index >= 15 is 0 Å². The summed E-state index contributed by atoms with van der Waals surface area (Å²) in [7, 11) is 1.71. The average Bonchev–Trinajstić information content (AvgIpc) is 3.17. The molecule has 1 saturated carbocycles. The number of hydrogen-bond acceptors (Lipinski definition) is 3. The molecular weight excluding hydrogens is 382 g/mol. The number of benzene rings is 3. The second-order valence-electron chi connectivity index (χ2n) is 8.82. The number of fused-ring (bicyclic) bond motifs is 2. The molecule has 3 aliphatic rings. The fourth-order valence-electron chi connectivity index (χ4n) is 5.87. The van der Waals surface area contributed by atoms with E-state index in [2.05, 4.69) is 89.8 Å². The van der Waals surface area contributed by atoms with E-state index in [1.54, 1.807) is 7.11 Å². The summed E-state index contributed by atoms with van der Waals surface area (Å²) < 4.78 is 12.3. The van der Waals surface area contributed by atoms with Crippen LogP contribution in [0, 0.1) is 5.92 Å². The summed E-state index contributed by atoms with van der Waals surface area (Å²) in [6.07, 6.45) is 7.16. The molecule has 2 aliphatic heterocycles. The Morgan fingerprint density at radius 3 is 2.48 bits per heavy atom. The van der Waals surface area contributed by atoms with Crippen molar-refractivity contribution >= 4 is 11.4 Å². The standard InChI is InChI=1S/C28H27NO2/c1-30-22-16-14-21(15-17-22)26-19-23(20-9-3-2-4-10-20)24-11-7-8-18-28(24)29(26)25-12-5-6-13-27(25)31-28/h2-6,9-10,12-17,19,23-24H,7-8,11,18H2,1H3. The van der Waals surface area contributed by atoms with E-state index in [9.17, 15) is 0 Å². The van der Waals surface area contributed by atoms with Gasteiger partial charge in [0, 0.05) is 24.0 Å². The number of para-hydroxylation sites is 2. The average molecular weight is 410 g/mol. The zero-order chi connectivity index (χ0) is 20.8. The van der Waals surface area contributed by atoms with Crippen molar-refractivity contribution in [3.8, 4) is 11.5 Å². The Kier molecular flexibility index (Phi) is 4.31. The van der Waals surface area contributed by atoms with E-state index < -0.39 is 0 Å². The Labute approximate surface area is 183 Å². The molecule has 3 aromatic rings. The molecule has 0 saturated heterocycles.